The summed E-state index contributed by atoms with van der Waals surface area (Å²) in [5.74, 6) is 2.04. The third-order valence-electron chi connectivity index (χ3n) is 7.28. The lowest BCUT2D eigenvalue weighted by Crippen LogP contribution is -2.34. The summed E-state index contributed by atoms with van der Waals surface area (Å²) in [6.07, 6.45) is 6.52. The number of hydrogen-bond acceptors (Lipinski definition) is 3. The zero-order valence-electron chi connectivity index (χ0n) is 21.2. The lowest BCUT2D eigenvalue weighted by Gasteiger charge is -2.11. The summed E-state index contributed by atoms with van der Waals surface area (Å²) in [6, 6.07) is 20.2. The molecule has 4 heterocycles. The van der Waals surface area contributed by atoms with Gasteiger partial charge in [0.1, 0.15) is 5.82 Å². The van der Waals surface area contributed by atoms with Gasteiger partial charge in [-0.15, -0.1) is 10.2 Å². The lowest BCUT2D eigenvalue weighted by molar-refractivity contribution is 0.636. The van der Waals surface area contributed by atoms with Crippen LogP contribution in [-0.4, -0.2) is 29.1 Å². The van der Waals surface area contributed by atoms with Crippen LogP contribution in [0.2, 0.25) is 0 Å². The highest BCUT2D eigenvalue weighted by atomic mass is 16.1. The maximum Gasteiger partial charge on any atom is 0.279 e. The smallest absolute Gasteiger partial charge is 0.279 e. The summed E-state index contributed by atoms with van der Waals surface area (Å²) in [4.78, 5) is 13.2. The van der Waals surface area contributed by atoms with E-state index >= 15 is 0 Å². The molecule has 0 unspecified atom stereocenters. The molecule has 7 nitrogen and oxygen atoms in total. The summed E-state index contributed by atoms with van der Waals surface area (Å²) < 4.78 is 6.03. The van der Waals surface area contributed by atoms with Gasteiger partial charge in [-0.05, 0) is 80.8 Å². The number of nitrogens with zero attached hydrogens (tertiary/aromatic N) is 5. The maximum absolute atomic E-state index is 13.2. The van der Waals surface area contributed by atoms with Gasteiger partial charge in [0.05, 0.1) is 16.3 Å². The van der Waals surface area contributed by atoms with Gasteiger partial charge >= 0.3 is 0 Å². The molecular formula is C30H30N6O. The molecule has 0 radical (unpaired) electrons. The molecule has 0 saturated heterocycles. The Bertz CT molecular complexity index is 1750. The molecule has 7 heteroatoms. The topological polar surface area (TPSA) is 73.4 Å². The van der Waals surface area contributed by atoms with Gasteiger partial charge in [0, 0.05) is 35.6 Å². The second kappa shape index (κ2) is 9.24. The average molecular weight is 491 g/mol. The predicted octanol–water partition coefficient (Wildman–Crippen LogP) is 3.80. The van der Waals surface area contributed by atoms with E-state index in [1.807, 2.05) is 36.4 Å². The van der Waals surface area contributed by atoms with E-state index in [-0.39, 0.29) is 5.56 Å². The molecular weight excluding hydrogens is 460 g/mol. The van der Waals surface area contributed by atoms with Crippen molar-refractivity contribution in [1.29, 1.82) is 0 Å². The number of aryl methyl sites for hydroxylation is 2. The molecule has 1 aliphatic heterocycles. The normalized spacial score (nSPS) is 14.1. The van der Waals surface area contributed by atoms with Crippen molar-refractivity contribution in [2.75, 3.05) is 0 Å². The molecule has 0 bridgehead atoms. The van der Waals surface area contributed by atoms with Crippen LogP contribution in [0.5, 0.6) is 0 Å². The molecule has 37 heavy (non-hydrogen) atoms. The number of H-pyrrole nitrogens is 1. The fraction of sp³-hybridized carbons (Fsp3) is 0.233. The summed E-state index contributed by atoms with van der Waals surface area (Å²) in [6.45, 7) is 9.23. The summed E-state index contributed by atoms with van der Waals surface area (Å²) in [5.41, 5.74) is 5.97. The van der Waals surface area contributed by atoms with Crippen LogP contribution >= 0.6 is 0 Å². The number of nitrogens with one attached hydrogen (secondary N) is 1. The Balaban J connectivity index is 1.36. The Hall–Kier alpha value is -4.39. The van der Waals surface area contributed by atoms with Crippen LogP contribution < -0.4 is 16.1 Å². The molecule has 1 N–H and O–H groups in total. The van der Waals surface area contributed by atoms with Crippen LogP contribution in [0.3, 0.4) is 0 Å². The first-order chi connectivity index (χ1) is 18.0. The van der Waals surface area contributed by atoms with E-state index in [2.05, 4.69) is 75.2 Å². The van der Waals surface area contributed by atoms with Crippen molar-refractivity contribution < 1.29 is 0 Å². The monoisotopic (exact) mass is 490 g/mol. The highest BCUT2D eigenvalue weighted by Crippen LogP contribution is 2.26. The Labute approximate surface area is 215 Å². The van der Waals surface area contributed by atoms with Crippen molar-refractivity contribution in [2.24, 2.45) is 0 Å². The number of hydrogen-bond donors (Lipinski definition) is 1. The molecule has 6 rings (SSSR count). The van der Waals surface area contributed by atoms with Crippen LogP contribution in [0.1, 0.15) is 42.0 Å². The Morgan fingerprint density at radius 2 is 1.73 bits per heavy atom. The first kappa shape index (κ1) is 23.0. The standard InChI is InChI=1S/C30H30N6O/c1-20-18-24(19-27-21(2)33-36(30(27)37)26-10-6-4-7-11-26)22(3)35(20)25-15-13-23(14-16-25)29-32-31-28-12-8-5-9-17-34(28)29/h4,6-7,10-11,13-16,18-19,33H,2,5,8-9,12,17H2,1,3H3/b27-19+. The first-order valence-corrected chi connectivity index (χ1v) is 12.8. The van der Waals surface area contributed by atoms with Crippen LogP contribution in [0.25, 0.3) is 35.4 Å². The SMILES string of the molecule is C=c1[nH]n(-c2ccccc2)c(=O)/c1=C/c1cc(C)n(-c2ccc(-c3nnc4n3CCCCC4)cc2)c1C. The molecule has 186 valence electrons. The van der Waals surface area contributed by atoms with Crippen molar-refractivity contribution in [2.45, 2.75) is 46.1 Å². The van der Waals surface area contributed by atoms with E-state index in [0.29, 0.717) is 10.6 Å². The quantitative estimate of drug-likeness (QED) is 0.417. The number of rotatable bonds is 4. The Kier molecular flexibility index (Phi) is 5.75. The predicted molar refractivity (Wildman–Crippen MR) is 147 cm³/mol. The van der Waals surface area contributed by atoms with Crippen molar-refractivity contribution in [1.82, 2.24) is 29.1 Å². The maximum atomic E-state index is 13.2. The van der Waals surface area contributed by atoms with Crippen LogP contribution in [0.15, 0.2) is 65.5 Å². The molecule has 0 aliphatic carbocycles. The van der Waals surface area contributed by atoms with E-state index in [1.54, 1.807) is 0 Å². The van der Waals surface area contributed by atoms with E-state index in [1.165, 1.54) is 23.9 Å². The fourth-order valence-corrected chi connectivity index (χ4v) is 5.35. The van der Waals surface area contributed by atoms with Crippen LogP contribution in [0, 0.1) is 13.8 Å². The highest BCUT2D eigenvalue weighted by molar-refractivity contribution is 5.60. The third-order valence-corrected chi connectivity index (χ3v) is 7.28. The molecule has 0 atom stereocenters. The summed E-state index contributed by atoms with van der Waals surface area (Å²) >= 11 is 0. The Morgan fingerprint density at radius 3 is 2.51 bits per heavy atom. The van der Waals surface area contributed by atoms with E-state index in [9.17, 15) is 4.79 Å². The number of benzene rings is 2. The number of aromatic nitrogens is 6. The molecule has 5 aromatic rings. The second-order valence-electron chi connectivity index (χ2n) is 9.74. The summed E-state index contributed by atoms with van der Waals surface area (Å²) in [5, 5.41) is 13.2. The van der Waals surface area contributed by atoms with Crippen molar-refractivity contribution >= 4 is 12.7 Å². The van der Waals surface area contributed by atoms with Crippen molar-refractivity contribution in [3.63, 3.8) is 0 Å². The zero-order chi connectivity index (χ0) is 25.5. The van der Waals surface area contributed by atoms with Gasteiger partial charge in [0.25, 0.3) is 5.56 Å². The van der Waals surface area contributed by atoms with Gasteiger partial charge < -0.3 is 9.13 Å². The number of fused-ring (bicyclic) bond motifs is 1. The van der Waals surface area contributed by atoms with Crippen LogP contribution in [-0.2, 0) is 13.0 Å². The van der Waals surface area contributed by atoms with Crippen molar-refractivity contribution in [3.05, 3.63) is 104 Å². The molecule has 0 saturated carbocycles. The van der Waals surface area contributed by atoms with Gasteiger partial charge in [-0.2, -0.15) is 0 Å². The van der Waals surface area contributed by atoms with Crippen LogP contribution in [0.4, 0.5) is 0 Å². The number of aromatic amines is 1. The minimum absolute atomic E-state index is 0.113. The van der Waals surface area contributed by atoms with E-state index in [0.717, 1.165) is 58.5 Å². The molecule has 0 fully saturated rings. The van der Waals surface area contributed by atoms with E-state index < -0.39 is 0 Å². The second-order valence-corrected chi connectivity index (χ2v) is 9.74. The molecule has 0 spiro atoms. The minimum Gasteiger partial charge on any atom is -0.318 e. The molecule has 0 amide bonds. The minimum atomic E-state index is -0.113. The first-order valence-electron chi connectivity index (χ1n) is 12.8. The third kappa shape index (κ3) is 4.06. The fourth-order valence-electron chi connectivity index (χ4n) is 5.35. The van der Waals surface area contributed by atoms with E-state index in [4.69, 9.17) is 0 Å². The molecule has 2 aromatic carbocycles. The van der Waals surface area contributed by atoms with Gasteiger partial charge in [0.15, 0.2) is 5.82 Å². The van der Waals surface area contributed by atoms with Gasteiger partial charge in [-0.3, -0.25) is 9.89 Å². The van der Waals surface area contributed by atoms with Gasteiger partial charge in [-0.25, -0.2) is 4.68 Å². The van der Waals surface area contributed by atoms with Gasteiger partial charge in [-0.1, -0.05) is 31.2 Å². The summed E-state index contributed by atoms with van der Waals surface area (Å²) in [7, 11) is 0. The average Bonchev–Trinajstić information content (AvgIpc) is 3.46. The highest BCUT2D eigenvalue weighted by Gasteiger charge is 2.17. The largest absolute Gasteiger partial charge is 0.318 e. The molecule has 1 aliphatic rings. The molecule has 3 aromatic heterocycles. The Morgan fingerprint density at radius 1 is 0.946 bits per heavy atom. The van der Waals surface area contributed by atoms with Crippen molar-refractivity contribution in [3.8, 4) is 22.8 Å². The zero-order valence-corrected chi connectivity index (χ0v) is 21.2. The number of para-hydroxylation sites is 1. The van der Waals surface area contributed by atoms with Gasteiger partial charge in [0.2, 0.25) is 0 Å². The lowest BCUT2D eigenvalue weighted by atomic mass is 10.1.